The molecule has 3 heterocycles. The predicted octanol–water partition coefficient (Wildman–Crippen LogP) is 4.92. The minimum absolute atomic E-state index is 0.122. The van der Waals surface area contributed by atoms with Gasteiger partial charge in [0, 0.05) is 35.7 Å². The first-order valence-electron chi connectivity index (χ1n) is 13.5. The molecule has 3 aromatic rings. The normalized spacial score (nSPS) is 18.4. The van der Waals surface area contributed by atoms with Crippen LogP contribution in [0.3, 0.4) is 0 Å². The largest absolute Gasteiger partial charge is 0.488 e. The summed E-state index contributed by atoms with van der Waals surface area (Å²) in [6.45, 7) is 6.38. The zero-order valence-corrected chi connectivity index (χ0v) is 23.2. The first kappa shape index (κ1) is 30.0. The monoisotopic (exact) mass is 602 g/mol. The fraction of sp³-hybridized carbons (Fsp3) is 0.357. The topological polar surface area (TPSA) is 136 Å². The van der Waals surface area contributed by atoms with Crippen molar-refractivity contribution >= 4 is 34.8 Å². The summed E-state index contributed by atoms with van der Waals surface area (Å²) < 4.78 is 60.6. The van der Waals surface area contributed by atoms with Crippen LogP contribution in [0.1, 0.15) is 25.8 Å². The summed E-state index contributed by atoms with van der Waals surface area (Å²) in [5.41, 5.74) is 1.62. The third-order valence-electron chi connectivity index (χ3n) is 6.36. The van der Waals surface area contributed by atoms with Gasteiger partial charge in [0.15, 0.2) is 23.7 Å². The van der Waals surface area contributed by atoms with Crippen LogP contribution in [0.5, 0.6) is 5.75 Å². The standard InChI is InChI=1S/C28H29F3N6O6/c1-3-41-22-21(25-42-16(2)43-25)35-23(36-24(22)37-11-13-40-14-12-37)17-7-9-18(10-8-17)33-27(39)34-20-6-4-5-19(15-20)32-26(38)28(29,30)31/h4-10,15-16,25H,3,11-14H2,1-2H3,(H,32,38)(H2,33,34,39). The number of nitrogens with zero attached hydrogens (tertiary/aromatic N) is 3. The molecule has 3 N–H and O–H groups in total. The van der Waals surface area contributed by atoms with E-state index in [0.29, 0.717) is 67.2 Å². The fourth-order valence-electron chi connectivity index (χ4n) is 4.38. The smallest absolute Gasteiger partial charge is 0.471 e. The van der Waals surface area contributed by atoms with Crippen molar-refractivity contribution in [2.75, 3.05) is 53.8 Å². The van der Waals surface area contributed by atoms with E-state index in [4.69, 9.17) is 28.9 Å². The number of morpholine rings is 1. The van der Waals surface area contributed by atoms with E-state index < -0.39 is 24.4 Å². The van der Waals surface area contributed by atoms with Crippen LogP contribution in [-0.4, -0.2) is 67.3 Å². The molecule has 0 radical (unpaired) electrons. The highest BCUT2D eigenvalue weighted by atomic mass is 19.4. The number of hydrogen-bond donors (Lipinski definition) is 3. The molecule has 0 bridgehead atoms. The third kappa shape index (κ3) is 7.31. The number of nitrogens with one attached hydrogen (secondary N) is 3. The summed E-state index contributed by atoms with van der Waals surface area (Å²) in [6.07, 6.45) is -6.11. The van der Waals surface area contributed by atoms with Crippen molar-refractivity contribution in [2.24, 2.45) is 0 Å². The van der Waals surface area contributed by atoms with E-state index in [9.17, 15) is 22.8 Å². The molecule has 2 aromatic carbocycles. The SMILES string of the molecule is CCOc1c(C2OC(C)O2)nc(-c2ccc(NC(=O)Nc3cccc(NC(=O)C(F)(F)F)c3)cc2)nc1N1CCOCC1. The number of urea groups is 1. The Hall–Kier alpha value is -4.47. The number of rotatable bonds is 8. The summed E-state index contributed by atoms with van der Waals surface area (Å²) >= 11 is 0. The predicted molar refractivity (Wildman–Crippen MR) is 150 cm³/mol. The Morgan fingerprint density at radius 1 is 0.977 bits per heavy atom. The average molecular weight is 603 g/mol. The van der Waals surface area contributed by atoms with Crippen LogP contribution in [0.25, 0.3) is 11.4 Å². The second kappa shape index (κ2) is 12.8. The number of hydrogen-bond acceptors (Lipinski definition) is 9. The van der Waals surface area contributed by atoms with Gasteiger partial charge in [-0.3, -0.25) is 4.79 Å². The van der Waals surface area contributed by atoms with Gasteiger partial charge >= 0.3 is 18.1 Å². The number of alkyl halides is 3. The Labute approximate surface area is 244 Å². The Balaban J connectivity index is 1.32. The van der Waals surface area contributed by atoms with E-state index in [1.54, 1.807) is 36.5 Å². The maximum atomic E-state index is 12.6. The Kier molecular flexibility index (Phi) is 8.94. The minimum Gasteiger partial charge on any atom is -0.488 e. The summed E-state index contributed by atoms with van der Waals surface area (Å²) in [5.74, 6) is -0.619. The fourth-order valence-corrected chi connectivity index (χ4v) is 4.38. The molecule has 2 saturated heterocycles. The van der Waals surface area contributed by atoms with Crippen molar-refractivity contribution in [2.45, 2.75) is 32.6 Å². The van der Waals surface area contributed by atoms with Crippen molar-refractivity contribution in [3.05, 3.63) is 54.2 Å². The lowest BCUT2D eigenvalue weighted by Crippen LogP contribution is -2.38. The molecule has 0 saturated carbocycles. The molecular weight excluding hydrogens is 573 g/mol. The highest BCUT2D eigenvalue weighted by Gasteiger charge is 2.39. The number of aromatic nitrogens is 2. The Bertz CT molecular complexity index is 1460. The zero-order valence-electron chi connectivity index (χ0n) is 23.2. The molecule has 2 aliphatic rings. The van der Waals surface area contributed by atoms with E-state index in [0.717, 1.165) is 0 Å². The van der Waals surface area contributed by atoms with Crippen LogP contribution in [0.2, 0.25) is 0 Å². The van der Waals surface area contributed by atoms with Crippen LogP contribution >= 0.6 is 0 Å². The quantitative estimate of drug-likeness (QED) is 0.328. The molecule has 12 nitrogen and oxygen atoms in total. The molecule has 15 heteroatoms. The molecule has 228 valence electrons. The van der Waals surface area contributed by atoms with Gasteiger partial charge in [-0.25, -0.2) is 14.8 Å². The molecular formula is C28H29F3N6O6. The highest BCUT2D eigenvalue weighted by Crippen LogP contribution is 2.41. The molecule has 43 heavy (non-hydrogen) atoms. The second-order valence-electron chi connectivity index (χ2n) is 9.48. The number of carbonyl (C=O) groups excluding carboxylic acids is 2. The van der Waals surface area contributed by atoms with E-state index in [-0.39, 0.29) is 17.7 Å². The molecule has 5 rings (SSSR count). The lowest BCUT2D eigenvalue weighted by molar-refractivity contribution is -0.384. The molecule has 1 aromatic heterocycles. The van der Waals surface area contributed by atoms with Crippen LogP contribution in [-0.2, 0) is 19.0 Å². The maximum Gasteiger partial charge on any atom is 0.471 e. The summed E-state index contributed by atoms with van der Waals surface area (Å²) in [6, 6.07) is 11.5. The van der Waals surface area contributed by atoms with E-state index in [1.807, 2.05) is 6.92 Å². The first-order valence-corrected chi connectivity index (χ1v) is 13.5. The molecule has 0 aliphatic carbocycles. The van der Waals surface area contributed by atoms with Gasteiger partial charge in [-0.1, -0.05) is 6.07 Å². The van der Waals surface area contributed by atoms with Crippen molar-refractivity contribution in [3.8, 4) is 17.1 Å². The van der Waals surface area contributed by atoms with Crippen molar-refractivity contribution in [1.29, 1.82) is 0 Å². The number of halogens is 3. The van der Waals surface area contributed by atoms with Crippen LogP contribution in [0.15, 0.2) is 48.5 Å². The Morgan fingerprint density at radius 2 is 1.63 bits per heavy atom. The van der Waals surface area contributed by atoms with Gasteiger partial charge in [-0.05, 0) is 56.3 Å². The lowest BCUT2D eigenvalue weighted by atomic mass is 10.1. The van der Waals surface area contributed by atoms with Gasteiger partial charge < -0.3 is 39.8 Å². The summed E-state index contributed by atoms with van der Waals surface area (Å²) in [7, 11) is 0. The lowest BCUT2D eigenvalue weighted by Gasteiger charge is -2.35. The summed E-state index contributed by atoms with van der Waals surface area (Å²) in [4.78, 5) is 35.4. The van der Waals surface area contributed by atoms with Crippen LogP contribution in [0, 0.1) is 0 Å². The van der Waals surface area contributed by atoms with Crippen molar-refractivity contribution in [3.63, 3.8) is 0 Å². The summed E-state index contributed by atoms with van der Waals surface area (Å²) in [5, 5.41) is 6.92. The zero-order chi connectivity index (χ0) is 30.6. The van der Waals surface area contributed by atoms with Crippen LogP contribution < -0.4 is 25.6 Å². The Morgan fingerprint density at radius 3 is 2.26 bits per heavy atom. The highest BCUT2D eigenvalue weighted by molar-refractivity contribution is 6.01. The van der Waals surface area contributed by atoms with E-state index in [2.05, 4.69) is 15.5 Å². The number of amides is 3. The number of benzene rings is 2. The minimum atomic E-state index is -5.04. The van der Waals surface area contributed by atoms with E-state index >= 15 is 0 Å². The average Bonchev–Trinajstić information content (AvgIpc) is 2.96. The van der Waals surface area contributed by atoms with Gasteiger partial charge in [0.05, 0.1) is 19.8 Å². The maximum absolute atomic E-state index is 12.6. The molecule has 2 fully saturated rings. The van der Waals surface area contributed by atoms with E-state index in [1.165, 1.54) is 24.3 Å². The number of ether oxygens (including phenoxy) is 4. The van der Waals surface area contributed by atoms with Crippen molar-refractivity contribution in [1.82, 2.24) is 9.97 Å². The molecule has 0 atom stereocenters. The molecule has 0 unspecified atom stereocenters. The number of carbonyl (C=O) groups is 2. The van der Waals surface area contributed by atoms with Gasteiger partial charge in [0.1, 0.15) is 5.69 Å². The molecule has 0 spiro atoms. The van der Waals surface area contributed by atoms with Crippen molar-refractivity contribution < 1.29 is 41.7 Å². The molecule has 3 amide bonds. The first-order chi connectivity index (χ1) is 20.6. The van der Waals surface area contributed by atoms with Gasteiger partial charge in [0.2, 0.25) is 6.29 Å². The third-order valence-corrected chi connectivity index (χ3v) is 6.36. The van der Waals surface area contributed by atoms with Crippen LogP contribution in [0.4, 0.5) is 40.8 Å². The van der Waals surface area contributed by atoms with Gasteiger partial charge in [0.25, 0.3) is 0 Å². The number of anilines is 4. The van der Waals surface area contributed by atoms with Gasteiger partial charge in [-0.2, -0.15) is 13.2 Å². The molecule has 2 aliphatic heterocycles. The van der Waals surface area contributed by atoms with Gasteiger partial charge in [-0.15, -0.1) is 0 Å². The second-order valence-corrected chi connectivity index (χ2v) is 9.48.